The van der Waals surface area contributed by atoms with Gasteiger partial charge in [0.15, 0.2) is 0 Å². The van der Waals surface area contributed by atoms with E-state index in [1.807, 2.05) is 30.3 Å². The van der Waals surface area contributed by atoms with Crippen LogP contribution in [-0.2, 0) is 27.7 Å². The maximum absolute atomic E-state index is 12.6. The summed E-state index contributed by atoms with van der Waals surface area (Å²) < 4.78 is 36.6. The van der Waals surface area contributed by atoms with Crippen molar-refractivity contribution < 1.29 is 17.6 Å². The second-order valence-electron chi connectivity index (χ2n) is 5.01. The lowest BCUT2D eigenvalue weighted by atomic mass is 10.2. The summed E-state index contributed by atoms with van der Waals surface area (Å²) in [6, 6.07) is 11.4. The molecule has 0 saturated carbocycles. The Kier molecular flexibility index (Phi) is 6.18. The number of aryl methyl sites for hydroxylation is 1. The van der Waals surface area contributed by atoms with Gasteiger partial charge in [0.25, 0.3) is 0 Å². The van der Waals surface area contributed by atoms with Gasteiger partial charge in [-0.1, -0.05) is 30.3 Å². The van der Waals surface area contributed by atoms with Crippen LogP contribution < -0.4 is 0 Å². The third-order valence-corrected chi connectivity index (χ3v) is 5.19. The molecule has 0 radical (unpaired) electrons. The highest BCUT2D eigenvalue weighted by Gasteiger charge is 2.22. The van der Waals surface area contributed by atoms with E-state index >= 15 is 0 Å². The summed E-state index contributed by atoms with van der Waals surface area (Å²) in [6.07, 6.45) is 3.60. The molecule has 2 rings (SSSR count). The molecular formula is C16H21NO4S. The molecule has 1 aromatic heterocycles. The Morgan fingerprint density at radius 3 is 2.55 bits per heavy atom. The van der Waals surface area contributed by atoms with Gasteiger partial charge < -0.3 is 9.15 Å². The minimum absolute atomic E-state index is 0.0819. The summed E-state index contributed by atoms with van der Waals surface area (Å²) >= 11 is 0. The van der Waals surface area contributed by atoms with Crippen molar-refractivity contribution in [3.05, 3.63) is 60.1 Å². The highest BCUT2D eigenvalue weighted by Crippen LogP contribution is 2.12. The van der Waals surface area contributed by atoms with Crippen molar-refractivity contribution >= 4 is 10.0 Å². The number of nitrogens with zero attached hydrogens (tertiary/aromatic N) is 1. The fraction of sp³-hybridized carbons (Fsp3) is 0.375. The van der Waals surface area contributed by atoms with Gasteiger partial charge in [0.1, 0.15) is 0 Å². The molecule has 0 aliphatic carbocycles. The first-order valence-corrected chi connectivity index (χ1v) is 8.74. The number of hydrogen-bond acceptors (Lipinski definition) is 4. The van der Waals surface area contributed by atoms with Crippen molar-refractivity contribution in [1.82, 2.24) is 4.31 Å². The summed E-state index contributed by atoms with van der Waals surface area (Å²) in [5.41, 5.74) is 1.85. The molecule has 0 fully saturated rings. The molecule has 2 aromatic rings. The minimum atomic E-state index is -3.36. The molecular weight excluding hydrogens is 302 g/mol. The van der Waals surface area contributed by atoms with Gasteiger partial charge in [-0.05, 0) is 18.1 Å². The first-order valence-electron chi connectivity index (χ1n) is 7.13. The van der Waals surface area contributed by atoms with E-state index in [1.54, 1.807) is 25.7 Å². The predicted molar refractivity (Wildman–Crippen MR) is 84.9 cm³/mol. The molecule has 1 aromatic carbocycles. The van der Waals surface area contributed by atoms with Gasteiger partial charge in [0.05, 0.1) is 24.9 Å². The highest BCUT2D eigenvalue weighted by molar-refractivity contribution is 7.89. The summed E-state index contributed by atoms with van der Waals surface area (Å²) in [7, 11) is -1.80. The van der Waals surface area contributed by atoms with E-state index in [0.717, 1.165) is 11.1 Å². The van der Waals surface area contributed by atoms with Crippen LogP contribution in [0.2, 0.25) is 0 Å². The van der Waals surface area contributed by atoms with Crippen LogP contribution in [0.25, 0.3) is 0 Å². The van der Waals surface area contributed by atoms with E-state index in [0.29, 0.717) is 26.1 Å². The van der Waals surface area contributed by atoms with Crippen LogP contribution in [0.15, 0.2) is 53.3 Å². The van der Waals surface area contributed by atoms with Gasteiger partial charge in [0.2, 0.25) is 10.0 Å². The van der Waals surface area contributed by atoms with Crippen LogP contribution in [0.3, 0.4) is 0 Å². The topological polar surface area (TPSA) is 59.8 Å². The molecule has 0 unspecified atom stereocenters. The minimum Gasteiger partial charge on any atom is -0.472 e. The van der Waals surface area contributed by atoms with Gasteiger partial charge >= 0.3 is 0 Å². The van der Waals surface area contributed by atoms with E-state index in [4.69, 9.17) is 9.15 Å². The maximum atomic E-state index is 12.6. The molecule has 0 aliphatic rings. The van der Waals surface area contributed by atoms with Crippen LogP contribution in [0.4, 0.5) is 0 Å². The molecule has 0 atom stereocenters. The smallest absolute Gasteiger partial charge is 0.214 e. The monoisotopic (exact) mass is 323 g/mol. The van der Waals surface area contributed by atoms with E-state index in [9.17, 15) is 8.42 Å². The summed E-state index contributed by atoms with van der Waals surface area (Å²) in [6.45, 7) is 0.998. The number of methoxy groups -OCH3 is 1. The maximum Gasteiger partial charge on any atom is 0.214 e. The van der Waals surface area contributed by atoms with Crippen LogP contribution >= 0.6 is 0 Å². The van der Waals surface area contributed by atoms with Crippen molar-refractivity contribution in [2.75, 3.05) is 26.0 Å². The van der Waals surface area contributed by atoms with E-state index in [-0.39, 0.29) is 5.75 Å². The van der Waals surface area contributed by atoms with E-state index < -0.39 is 10.0 Å². The van der Waals surface area contributed by atoms with Gasteiger partial charge in [-0.15, -0.1) is 0 Å². The predicted octanol–water partition coefficient (Wildman–Crippen LogP) is 2.30. The molecule has 0 spiro atoms. The van der Waals surface area contributed by atoms with Crippen LogP contribution in [0.1, 0.15) is 11.1 Å². The normalized spacial score (nSPS) is 11.9. The van der Waals surface area contributed by atoms with Crippen molar-refractivity contribution in [2.45, 2.75) is 13.0 Å². The van der Waals surface area contributed by atoms with Crippen molar-refractivity contribution in [2.24, 2.45) is 0 Å². The van der Waals surface area contributed by atoms with Crippen molar-refractivity contribution in [1.29, 1.82) is 0 Å². The molecule has 1 heterocycles. The number of furan rings is 1. The average molecular weight is 323 g/mol. The largest absolute Gasteiger partial charge is 0.472 e. The summed E-state index contributed by atoms with van der Waals surface area (Å²) in [4.78, 5) is 0. The van der Waals surface area contributed by atoms with E-state index in [2.05, 4.69) is 0 Å². The summed E-state index contributed by atoms with van der Waals surface area (Å²) in [5.74, 6) is 0.0819. The molecule has 0 N–H and O–H groups in total. The Labute approximate surface area is 131 Å². The van der Waals surface area contributed by atoms with Crippen LogP contribution in [0, 0.1) is 0 Å². The van der Waals surface area contributed by atoms with E-state index in [1.165, 1.54) is 4.31 Å². The molecule has 0 aliphatic heterocycles. The number of benzene rings is 1. The SMILES string of the molecule is COCCN(Cc1ccoc1)S(=O)(=O)CCc1ccccc1. The third kappa shape index (κ3) is 4.98. The lowest BCUT2D eigenvalue weighted by Gasteiger charge is -2.21. The van der Waals surface area contributed by atoms with Gasteiger partial charge in [-0.25, -0.2) is 8.42 Å². The molecule has 22 heavy (non-hydrogen) atoms. The van der Waals surface area contributed by atoms with Gasteiger partial charge in [-0.2, -0.15) is 4.31 Å². The summed E-state index contributed by atoms with van der Waals surface area (Å²) in [5, 5.41) is 0. The third-order valence-electron chi connectivity index (χ3n) is 3.37. The Morgan fingerprint density at radius 1 is 1.14 bits per heavy atom. The van der Waals surface area contributed by atoms with Gasteiger partial charge in [-0.3, -0.25) is 0 Å². The molecule has 0 bridgehead atoms. The Bertz CT molecular complexity index is 638. The second kappa shape index (κ2) is 8.12. The van der Waals surface area contributed by atoms with Crippen molar-refractivity contribution in [3.63, 3.8) is 0 Å². The van der Waals surface area contributed by atoms with Crippen LogP contribution in [-0.4, -0.2) is 38.7 Å². The Hall–Kier alpha value is -1.63. The Morgan fingerprint density at radius 2 is 1.91 bits per heavy atom. The fourth-order valence-electron chi connectivity index (χ4n) is 2.12. The number of sulfonamides is 1. The molecule has 0 amide bonds. The van der Waals surface area contributed by atoms with Gasteiger partial charge in [0, 0.05) is 25.8 Å². The molecule has 6 heteroatoms. The standard InChI is InChI=1S/C16H21NO4S/c1-20-11-9-17(13-16-7-10-21-14-16)22(18,19)12-8-15-5-3-2-4-6-15/h2-7,10,14H,8-9,11-13H2,1H3. The quantitative estimate of drug-likeness (QED) is 0.710. The van der Waals surface area contributed by atoms with Crippen molar-refractivity contribution in [3.8, 4) is 0 Å². The second-order valence-corrected chi connectivity index (χ2v) is 7.10. The lowest BCUT2D eigenvalue weighted by Crippen LogP contribution is -2.35. The molecule has 0 saturated heterocycles. The zero-order valence-electron chi connectivity index (χ0n) is 12.6. The zero-order chi connectivity index (χ0) is 15.8. The lowest BCUT2D eigenvalue weighted by molar-refractivity contribution is 0.177. The Balaban J connectivity index is 2.03. The first-order chi connectivity index (χ1) is 10.6. The number of hydrogen-bond donors (Lipinski definition) is 0. The number of rotatable bonds is 9. The van der Waals surface area contributed by atoms with Crippen LogP contribution in [0.5, 0.6) is 0 Å². The zero-order valence-corrected chi connectivity index (χ0v) is 13.5. The molecule has 5 nitrogen and oxygen atoms in total. The fourth-order valence-corrected chi connectivity index (χ4v) is 3.57. The average Bonchev–Trinajstić information content (AvgIpc) is 3.03. The first kappa shape index (κ1) is 16.7. The number of ether oxygens (including phenoxy) is 1. The highest BCUT2D eigenvalue weighted by atomic mass is 32.2. The molecule has 120 valence electrons.